The summed E-state index contributed by atoms with van der Waals surface area (Å²) in [5.41, 5.74) is 0.948. The van der Waals surface area contributed by atoms with Crippen LogP contribution in [0.1, 0.15) is 25.5 Å². The molecule has 1 unspecified atom stereocenters. The van der Waals surface area contributed by atoms with Gasteiger partial charge in [0.25, 0.3) is 0 Å². The molecule has 2 heterocycles. The van der Waals surface area contributed by atoms with Gasteiger partial charge >= 0.3 is 0 Å². The molecule has 6 heteroatoms. The average molecular weight is 392 g/mol. The van der Waals surface area contributed by atoms with Crippen molar-refractivity contribution in [3.05, 3.63) is 47.2 Å². The molecule has 24 heavy (non-hydrogen) atoms. The Balaban J connectivity index is 0.00000144. The van der Waals surface area contributed by atoms with Crippen molar-refractivity contribution in [1.29, 1.82) is 0 Å². The first-order valence-electron chi connectivity index (χ1n) is 8.06. The number of likely N-dealkylation sites (tertiary alicyclic amines) is 1. The molecular formula is C18H25Cl3N2O. The van der Waals surface area contributed by atoms with E-state index in [-0.39, 0.29) is 24.8 Å². The molecule has 2 aromatic rings. The Hall–Kier alpha value is -0.710. The third-order valence-corrected chi connectivity index (χ3v) is 4.72. The maximum absolute atomic E-state index is 6.21. The van der Waals surface area contributed by atoms with Gasteiger partial charge in [0.15, 0.2) is 0 Å². The van der Waals surface area contributed by atoms with Crippen molar-refractivity contribution in [2.75, 3.05) is 19.6 Å². The van der Waals surface area contributed by atoms with Crippen LogP contribution in [0.4, 0.5) is 0 Å². The van der Waals surface area contributed by atoms with E-state index in [1.54, 1.807) is 0 Å². The van der Waals surface area contributed by atoms with Crippen LogP contribution in [0, 0.1) is 0 Å². The molecule has 1 atom stereocenters. The van der Waals surface area contributed by atoms with Gasteiger partial charge in [-0.2, -0.15) is 0 Å². The van der Waals surface area contributed by atoms with Gasteiger partial charge in [-0.25, -0.2) is 0 Å². The topological polar surface area (TPSA) is 28.4 Å². The van der Waals surface area contributed by atoms with Gasteiger partial charge in [-0.1, -0.05) is 30.7 Å². The fourth-order valence-corrected chi connectivity index (χ4v) is 3.41. The highest BCUT2D eigenvalue weighted by atomic mass is 35.5. The Labute approximate surface area is 161 Å². The number of hydrogen-bond donors (Lipinski definition) is 1. The lowest BCUT2D eigenvalue weighted by molar-refractivity contribution is 0.258. The first kappa shape index (κ1) is 21.3. The highest BCUT2D eigenvalue weighted by molar-refractivity contribution is 6.33. The molecule has 0 radical (unpaired) electrons. The van der Waals surface area contributed by atoms with E-state index in [0.29, 0.717) is 6.04 Å². The number of furan rings is 1. The van der Waals surface area contributed by atoms with Gasteiger partial charge < -0.3 is 9.73 Å². The molecule has 1 aliphatic rings. The molecule has 0 bridgehead atoms. The minimum absolute atomic E-state index is 0. The Morgan fingerprint density at radius 3 is 2.75 bits per heavy atom. The number of hydrogen-bond acceptors (Lipinski definition) is 3. The summed E-state index contributed by atoms with van der Waals surface area (Å²) in [4.78, 5) is 2.55. The van der Waals surface area contributed by atoms with Gasteiger partial charge in [0, 0.05) is 18.2 Å². The van der Waals surface area contributed by atoms with Crippen LogP contribution in [0.25, 0.3) is 11.3 Å². The molecular weight excluding hydrogens is 367 g/mol. The summed E-state index contributed by atoms with van der Waals surface area (Å²) in [6.07, 6.45) is 2.61. The second kappa shape index (κ2) is 10.3. The van der Waals surface area contributed by atoms with E-state index in [2.05, 4.69) is 17.1 Å². The third-order valence-electron chi connectivity index (χ3n) is 4.39. The van der Waals surface area contributed by atoms with E-state index in [4.69, 9.17) is 16.0 Å². The molecule has 1 fully saturated rings. The smallest absolute Gasteiger partial charge is 0.135 e. The fraction of sp³-hybridized carbons (Fsp3) is 0.444. The van der Waals surface area contributed by atoms with Crippen molar-refractivity contribution in [2.45, 2.75) is 32.4 Å². The molecule has 1 aromatic heterocycles. The summed E-state index contributed by atoms with van der Waals surface area (Å²) < 4.78 is 5.91. The van der Waals surface area contributed by atoms with Crippen LogP contribution in [-0.4, -0.2) is 30.6 Å². The van der Waals surface area contributed by atoms with Crippen LogP contribution < -0.4 is 5.32 Å². The standard InChI is InChI=1S/C18H23ClN2O.2ClH/c1-2-21-11-5-6-14(21)12-20-13-15-9-10-18(22-15)16-7-3-4-8-17(16)19;;/h3-4,7-10,14,20H,2,5-6,11-13H2,1H3;2*1H. The van der Waals surface area contributed by atoms with Crippen molar-refractivity contribution in [2.24, 2.45) is 0 Å². The normalized spacial score (nSPS) is 17.3. The molecule has 1 N–H and O–H groups in total. The molecule has 3 rings (SSSR count). The van der Waals surface area contributed by atoms with Gasteiger partial charge in [-0.3, -0.25) is 4.90 Å². The zero-order chi connectivity index (χ0) is 15.4. The Bertz CT molecular complexity index is 618. The van der Waals surface area contributed by atoms with E-state index >= 15 is 0 Å². The van der Waals surface area contributed by atoms with Crippen LogP contribution in [-0.2, 0) is 6.54 Å². The lowest BCUT2D eigenvalue weighted by Crippen LogP contribution is -2.37. The maximum atomic E-state index is 6.21. The zero-order valence-electron chi connectivity index (χ0n) is 13.8. The number of rotatable bonds is 6. The number of likely N-dealkylation sites (N-methyl/N-ethyl adjacent to an activating group) is 1. The van der Waals surface area contributed by atoms with Gasteiger partial charge in [0.05, 0.1) is 11.6 Å². The van der Waals surface area contributed by atoms with Gasteiger partial charge in [0.2, 0.25) is 0 Å². The van der Waals surface area contributed by atoms with Crippen molar-refractivity contribution in [3.8, 4) is 11.3 Å². The third kappa shape index (κ3) is 5.14. The summed E-state index contributed by atoms with van der Waals surface area (Å²) in [5, 5.41) is 4.24. The van der Waals surface area contributed by atoms with Crippen molar-refractivity contribution < 1.29 is 4.42 Å². The molecule has 134 valence electrons. The largest absolute Gasteiger partial charge is 0.460 e. The van der Waals surface area contributed by atoms with Crippen LogP contribution in [0.15, 0.2) is 40.8 Å². The molecule has 1 saturated heterocycles. The van der Waals surface area contributed by atoms with Gasteiger partial charge in [0.1, 0.15) is 11.5 Å². The summed E-state index contributed by atoms with van der Waals surface area (Å²) in [7, 11) is 0. The predicted molar refractivity (Wildman–Crippen MR) is 106 cm³/mol. The first-order chi connectivity index (χ1) is 10.8. The second-order valence-corrected chi connectivity index (χ2v) is 6.21. The summed E-state index contributed by atoms with van der Waals surface area (Å²) in [5.74, 6) is 1.79. The van der Waals surface area contributed by atoms with Crippen molar-refractivity contribution in [1.82, 2.24) is 10.2 Å². The lowest BCUT2D eigenvalue weighted by atomic mass is 10.2. The van der Waals surface area contributed by atoms with E-state index in [0.717, 1.165) is 41.7 Å². The summed E-state index contributed by atoms with van der Waals surface area (Å²) in [6, 6.07) is 12.5. The number of nitrogens with one attached hydrogen (secondary N) is 1. The lowest BCUT2D eigenvalue weighted by Gasteiger charge is -2.22. The predicted octanol–water partition coefficient (Wildman–Crippen LogP) is 5.02. The SMILES string of the molecule is CCN1CCCC1CNCc1ccc(-c2ccccc2Cl)o1.Cl.Cl. The summed E-state index contributed by atoms with van der Waals surface area (Å²) >= 11 is 6.21. The van der Waals surface area contributed by atoms with Crippen LogP contribution in [0.5, 0.6) is 0 Å². The molecule has 1 aromatic carbocycles. The average Bonchev–Trinajstić information content (AvgIpc) is 3.17. The molecule has 0 spiro atoms. The molecule has 1 aliphatic heterocycles. The van der Waals surface area contributed by atoms with Crippen LogP contribution in [0.3, 0.4) is 0 Å². The maximum Gasteiger partial charge on any atom is 0.135 e. The molecule has 0 saturated carbocycles. The van der Waals surface area contributed by atoms with Gasteiger partial charge in [-0.05, 0) is 50.2 Å². The Kier molecular flexibility index (Phi) is 9.17. The Morgan fingerprint density at radius 2 is 2.00 bits per heavy atom. The highest BCUT2D eigenvalue weighted by Crippen LogP contribution is 2.29. The molecule has 0 aliphatic carbocycles. The van der Waals surface area contributed by atoms with Crippen LogP contribution >= 0.6 is 36.4 Å². The molecule has 3 nitrogen and oxygen atoms in total. The fourth-order valence-electron chi connectivity index (χ4n) is 3.18. The Morgan fingerprint density at radius 1 is 1.21 bits per heavy atom. The highest BCUT2D eigenvalue weighted by Gasteiger charge is 2.22. The summed E-state index contributed by atoms with van der Waals surface area (Å²) in [6.45, 7) is 6.40. The monoisotopic (exact) mass is 390 g/mol. The van der Waals surface area contributed by atoms with E-state index in [1.807, 2.05) is 36.4 Å². The minimum atomic E-state index is 0. The van der Waals surface area contributed by atoms with Crippen LogP contribution in [0.2, 0.25) is 5.02 Å². The van der Waals surface area contributed by atoms with Crippen molar-refractivity contribution in [3.63, 3.8) is 0 Å². The quantitative estimate of drug-likeness (QED) is 0.749. The van der Waals surface area contributed by atoms with Gasteiger partial charge in [-0.15, -0.1) is 24.8 Å². The zero-order valence-corrected chi connectivity index (χ0v) is 16.2. The number of benzene rings is 1. The first-order valence-corrected chi connectivity index (χ1v) is 8.44. The second-order valence-electron chi connectivity index (χ2n) is 5.80. The molecule has 0 amide bonds. The number of halogens is 3. The minimum Gasteiger partial charge on any atom is -0.460 e. The van der Waals surface area contributed by atoms with E-state index in [1.165, 1.54) is 19.4 Å². The van der Waals surface area contributed by atoms with E-state index in [9.17, 15) is 0 Å². The number of nitrogens with zero attached hydrogens (tertiary/aromatic N) is 1. The van der Waals surface area contributed by atoms with E-state index < -0.39 is 0 Å². The van der Waals surface area contributed by atoms with Crippen molar-refractivity contribution >= 4 is 36.4 Å².